The Bertz CT molecular complexity index is 403. The molecular weight excluding hydrogens is 228 g/mol. The molecule has 0 amide bonds. The molecule has 0 aliphatic carbocycles. The summed E-state index contributed by atoms with van der Waals surface area (Å²) in [5, 5.41) is 3.38. The number of rotatable bonds is 3. The predicted molar refractivity (Wildman–Crippen MR) is 70.4 cm³/mol. The van der Waals surface area contributed by atoms with Gasteiger partial charge in [-0.25, -0.2) is 0 Å². The monoisotopic (exact) mass is 248 g/mol. The van der Waals surface area contributed by atoms with E-state index in [1.54, 1.807) is 0 Å². The maximum absolute atomic E-state index is 5.61. The first kappa shape index (κ1) is 11.8. The van der Waals surface area contributed by atoms with Gasteiger partial charge >= 0.3 is 0 Å². The van der Waals surface area contributed by atoms with Crippen LogP contribution in [0.25, 0.3) is 0 Å². The van der Waals surface area contributed by atoms with Crippen molar-refractivity contribution in [3.05, 3.63) is 23.8 Å². The number of benzene rings is 1. The molecule has 2 heterocycles. The Morgan fingerprint density at radius 1 is 1.06 bits per heavy atom. The van der Waals surface area contributed by atoms with Crippen LogP contribution in [0.5, 0.6) is 11.5 Å². The smallest absolute Gasteiger partial charge is 0.161 e. The van der Waals surface area contributed by atoms with Crippen LogP contribution in [0.3, 0.4) is 0 Å². The van der Waals surface area contributed by atoms with E-state index in [0.29, 0.717) is 13.2 Å². The molecule has 4 heteroatoms. The van der Waals surface area contributed by atoms with Gasteiger partial charge in [-0.2, -0.15) is 0 Å². The Labute approximate surface area is 108 Å². The number of piperazine rings is 1. The third-order valence-electron chi connectivity index (χ3n) is 3.53. The summed E-state index contributed by atoms with van der Waals surface area (Å²) in [6.45, 7) is 6.99. The summed E-state index contributed by atoms with van der Waals surface area (Å²) in [4.78, 5) is 2.51. The van der Waals surface area contributed by atoms with Gasteiger partial charge in [0.15, 0.2) is 11.5 Å². The average molecular weight is 248 g/mol. The largest absolute Gasteiger partial charge is 0.486 e. The van der Waals surface area contributed by atoms with E-state index in [1.807, 2.05) is 6.07 Å². The zero-order valence-electron chi connectivity index (χ0n) is 10.7. The Hall–Kier alpha value is -1.26. The van der Waals surface area contributed by atoms with Gasteiger partial charge < -0.3 is 19.7 Å². The molecule has 0 spiro atoms. The van der Waals surface area contributed by atoms with Gasteiger partial charge in [-0.15, -0.1) is 0 Å². The lowest BCUT2D eigenvalue weighted by Crippen LogP contribution is -2.44. The number of fused-ring (bicyclic) bond motifs is 1. The summed E-state index contributed by atoms with van der Waals surface area (Å²) in [5.41, 5.74) is 1.33. The molecule has 2 aliphatic heterocycles. The van der Waals surface area contributed by atoms with E-state index in [2.05, 4.69) is 22.3 Å². The van der Waals surface area contributed by atoms with Crippen molar-refractivity contribution >= 4 is 0 Å². The van der Waals surface area contributed by atoms with Crippen LogP contribution in [0.4, 0.5) is 0 Å². The van der Waals surface area contributed by atoms with E-state index in [4.69, 9.17) is 9.47 Å². The fraction of sp³-hybridized carbons (Fsp3) is 0.571. The van der Waals surface area contributed by atoms with Crippen LogP contribution in [0.1, 0.15) is 5.56 Å². The lowest BCUT2D eigenvalue weighted by molar-refractivity contribution is 0.171. The lowest BCUT2D eigenvalue weighted by atomic mass is 10.1. The van der Waals surface area contributed by atoms with E-state index in [-0.39, 0.29) is 0 Å². The second-order valence-corrected chi connectivity index (χ2v) is 4.82. The highest BCUT2D eigenvalue weighted by atomic mass is 16.6. The second-order valence-electron chi connectivity index (χ2n) is 4.82. The van der Waals surface area contributed by atoms with Crippen LogP contribution in [-0.4, -0.2) is 50.8 Å². The van der Waals surface area contributed by atoms with Gasteiger partial charge in [0.2, 0.25) is 0 Å². The molecule has 0 unspecified atom stereocenters. The van der Waals surface area contributed by atoms with Crippen LogP contribution in [0.2, 0.25) is 0 Å². The SMILES string of the molecule is c1cc2c(cc1CCN1CCNCC1)OCCO2. The van der Waals surface area contributed by atoms with Crippen LogP contribution < -0.4 is 14.8 Å². The molecule has 1 fully saturated rings. The molecule has 1 N–H and O–H groups in total. The first-order valence-corrected chi connectivity index (χ1v) is 6.73. The number of hydrogen-bond acceptors (Lipinski definition) is 4. The Balaban J connectivity index is 1.58. The van der Waals surface area contributed by atoms with Gasteiger partial charge in [-0.1, -0.05) is 6.07 Å². The molecule has 1 aromatic carbocycles. The number of hydrogen-bond donors (Lipinski definition) is 1. The molecule has 0 bridgehead atoms. The minimum absolute atomic E-state index is 0.660. The molecule has 3 rings (SSSR count). The third kappa shape index (κ3) is 2.76. The molecule has 0 saturated carbocycles. The zero-order valence-corrected chi connectivity index (χ0v) is 10.7. The average Bonchev–Trinajstić information content (AvgIpc) is 2.46. The van der Waals surface area contributed by atoms with E-state index in [9.17, 15) is 0 Å². The number of nitrogens with one attached hydrogen (secondary N) is 1. The number of ether oxygens (including phenoxy) is 2. The van der Waals surface area contributed by atoms with Crippen molar-refractivity contribution in [3.8, 4) is 11.5 Å². The molecule has 1 aromatic rings. The van der Waals surface area contributed by atoms with Crippen LogP contribution in [0, 0.1) is 0 Å². The summed E-state index contributed by atoms with van der Waals surface area (Å²) in [7, 11) is 0. The van der Waals surface area contributed by atoms with Crippen molar-refractivity contribution in [2.24, 2.45) is 0 Å². The molecule has 1 saturated heterocycles. The number of nitrogens with zero attached hydrogens (tertiary/aromatic N) is 1. The van der Waals surface area contributed by atoms with Crippen molar-refractivity contribution < 1.29 is 9.47 Å². The van der Waals surface area contributed by atoms with Crippen molar-refractivity contribution in [1.82, 2.24) is 10.2 Å². The predicted octanol–water partition coefficient (Wildman–Crippen LogP) is 0.905. The zero-order chi connectivity index (χ0) is 12.2. The first-order chi connectivity index (χ1) is 8.92. The second kappa shape index (κ2) is 5.59. The molecular formula is C14H20N2O2. The summed E-state index contributed by atoms with van der Waals surface area (Å²) in [6, 6.07) is 6.30. The van der Waals surface area contributed by atoms with E-state index in [1.165, 1.54) is 5.56 Å². The van der Waals surface area contributed by atoms with E-state index in [0.717, 1.165) is 50.6 Å². The van der Waals surface area contributed by atoms with Crippen molar-refractivity contribution in [1.29, 1.82) is 0 Å². The standard InChI is InChI=1S/C14H20N2O2/c1-2-13-14(18-10-9-17-13)11-12(1)3-6-16-7-4-15-5-8-16/h1-2,11,15H,3-10H2. The topological polar surface area (TPSA) is 33.7 Å². The minimum atomic E-state index is 0.660. The van der Waals surface area contributed by atoms with Crippen LogP contribution in [0.15, 0.2) is 18.2 Å². The summed E-state index contributed by atoms with van der Waals surface area (Å²) in [6.07, 6.45) is 1.08. The van der Waals surface area contributed by atoms with E-state index >= 15 is 0 Å². The molecule has 0 radical (unpaired) electrons. The van der Waals surface area contributed by atoms with E-state index < -0.39 is 0 Å². The highest BCUT2D eigenvalue weighted by Crippen LogP contribution is 2.30. The first-order valence-electron chi connectivity index (χ1n) is 6.73. The highest BCUT2D eigenvalue weighted by Gasteiger charge is 2.13. The quantitative estimate of drug-likeness (QED) is 0.862. The van der Waals surface area contributed by atoms with Crippen molar-refractivity contribution in [3.63, 3.8) is 0 Å². The van der Waals surface area contributed by atoms with Crippen molar-refractivity contribution in [2.45, 2.75) is 6.42 Å². The summed E-state index contributed by atoms with van der Waals surface area (Å²) < 4.78 is 11.1. The minimum Gasteiger partial charge on any atom is -0.486 e. The molecule has 0 aromatic heterocycles. The normalized spacial score (nSPS) is 19.8. The van der Waals surface area contributed by atoms with Gasteiger partial charge in [0.25, 0.3) is 0 Å². The molecule has 4 nitrogen and oxygen atoms in total. The van der Waals surface area contributed by atoms with Gasteiger partial charge in [0, 0.05) is 32.7 Å². The maximum Gasteiger partial charge on any atom is 0.161 e. The molecule has 18 heavy (non-hydrogen) atoms. The van der Waals surface area contributed by atoms with Crippen LogP contribution >= 0.6 is 0 Å². The van der Waals surface area contributed by atoms with Gasteiger partial charge in [-0.05, 0) is 24.1 Å². The van der Waals surface area contributed by atoms with Gasteiger partial charge in [-0.3, -0.25) is 0 Å². The lowest BCUT2D eigenvalue weighted by Gasteiger charge is -2.27. The third-order valence-corrected chi connectivity index (χ3v) is 3.53. The Morgan fingerprint density at radius 3 is 2.67 bits per heavy atom. The maximum atomic E-state index is 5.61. The summed E-state index contributed by atoms with van der Waals surface area (Å²) >= 11 is 0. The van der Waals surface area contributed by atoms with Crippen molar-refractivity contribution in [2.75, 3.05) is 45.9 Å². The van der Waals surface area contributed by atoms with Crippen LogP contribution in [-0.2, 0) is 6.42 Å². The summed E-state index contributed by atoms with van der Waals surface area (Å²) in [5.74, 6) is 1.78. The fourth-order valence-electron chi connectivity index (χ4n) is 2.47. The molecule has 0 atom stereocenters. The van der Waals surface area contributed by atoms with Gasteiger partial charge in [0.05, 0.1) is 0 Å². The highest BCUT2D eigenvalue weighted by molar-refractivity contribution is 5.43. The van der Waals surface area contributed by atoms with Gasteiger partial charge in [0.1, 0.15) is 13.2 Å². The Morgan fingerprint density at radius 2 is 1.83 bits per heavy atom. The Kier molecular flexibility index (Phi) is 3.67. The fourth-order valence-corrected chi connectivity index (χ4v) is 2.47. The molecule has 98 valence electrons. The molecule has 2 aliphatic rings.